The Kier molecular flexibility index (Phi) is 12.0. The van der Waals surface area contributed by atoms with Gasteiger partial charge < -0.3 is 23.7 Å². The van der Waals surface area contributed by atoms with E-state index in [1.54, 1.807) is 26.8 Å². The Hall–Kier alpha value is -3.19. The average molecular weight is 505 g/mol. The Morgan fingerprint density at radius 3 is 1.88 bits per heavy atom. The Balaban J connectivity index is 2.63. The van der Waals surface area contributed by atoms with Crippen LogP contribution in [0.5, 0.6) is 17.2 Å². The van der Waals surface area contributed by atoms with Crippen molar-refractivity contribution in [1.29, 1.82) is 0 Å². The largest absolute Gasteiger partial charge is 0.493 e. The van der Waals surface area contributed by atoms with Crippen LogP contribution in [0.4, 0.5) is 0 Å². The third kappa shape index (κ3) is 10.2. The Bertz CT molecular complexity index is 984. The van der Waals surface area contributed by atoms with E-state index in [0.29, 0.717) is 31.3 Å². The highest BCUT2D eigenvalue weighted by Gasteiger charge is 2.22. The molecule has 0 spiro atoms. The summed E-state index contributed by atoms with van der Waals surface area (Å²) in [4.78, 5) is 47.1. The van der Waals surface area contributed by atoms with Crippen molar-refractivity contribution >= 4 is 33.6 Å². The maximum Gasteiger partial charge on any atom is 0.375 e. The minimum atomic E-state index is -4.66. The zero-order valence-electron chi connectivity index (χ0n) is 19.2. The van der Waals surface area contributed by atoms with Crippen molar-refractivity contribution in [2.75, 3.05) is 38.8 Å². The molecule has 1 aromatic carbocycles. The summed E-state index contributed by atoms with van der Waals surface area (Å²) in [6, 6.07) is 3.05. The number of Topliss-reactive ketones (excluding diaryl/α,β-unsaturated/α-hetero) is 2. The molecule has 12 nitrogen and oxygen atoms in total. The summed E-state index contributed by atoms with van der Waals surface area (Å²) in [6.45, 7) is 5.44. The molecule has 0 radical (unpaired) electrons. The summed E-state index contributed by atoms with van der Waals surface area (Å²) in [6.07, 6.45) is -0.484. The van der Waals surface area contributed by atoms with Gasteiger partial charge in [0, 0.05) is 12.5 Å². The highest BCUT2D eigenvalue weighted by atomic mass is 32.2. The molecule has 1 aromatic rings. The molecule has 0 saturated heterocycles. The van der Waals surface area contributed by atoms with Crippen LogP contribution in [0.1, 0.15) is 44.0 Å². The van der Waals surface area contributed by atoms with Gasteiger partial charge >= 0.3 is 11.9 Å². The standard InChI is InChI=1S/C21H28O12S/c1-4-29-17-12-19(31-6-3)18(30-5-2)11-14(17)15(22)7-8-20(24)32-9-10-33-21(25)16(23)13-34(26,27)28/h11-12H,4-10,13H2,1-3H3,(H,26,27,28). The van der Waals surface area contributed by atoms with Crippen molar-refractivity contribution in [2.24, 2.45) is 0 Å². The second kappa shape index (κ2) is 14.2. The zero-order valence-corrected chi connectivity index (χ0v) is 20.0. The fraction of sp³-hybridized carbons (Fsp3) is 0.524. The van der Waals surface area contributed by atoms with Gasteiger partial charge in [-0.2, -0.15) is 8.42 Å². The maximum atomic E-state index is 12.7. The summed E-state index contributed by atoms with van der Waals surface area (Å²) in [7, 11) is -4.66. The Labute approximate surface area is 197 Å². The molecule has 0 heterocycles. The molecule has 1 rings (SSSR count). The molecular formula is C21H28O12S. The second-order valence-corrected chi connectivity index (χ2v) is 7.98. The van der Waals surface area contributed by atoms with Gasteiger partial charge in [0.1, 0.15) is 24.7 Å². The first-order valence-corrected chi connectivity index (χ1v) is 12.0. The summed E-state index contributed by atoms with van der Waals surface area (Å²) in [5.74, 6) is -4.45. The molecule has 0 bridgehead atoms. The van der Waals surface area contributed by atoms with E-state index >= 15 is 0 Å². The molecule has 0 fully saturated rings. The lowest BCUT2D eigenvalue weighted by molar-refractivity contribution is -0.156. The minimum Gasteiger partial charge on any atom is -0.493 e. The topological polar surface area (TPSA) is 169 Å². The van der Waals surface area contributed by atoms with Crippen molar-refractivity contribution in [3.63, 3.8) is 0 Å². The highest BCUT2D eigenvalue weighted by molar-refractivity contribution is 7.86. The molecule has 0 aromatic heterocycles. The third-order valence-electron chi connectivity index (χ3n) is 3.92. The average Bonchev–Trinajstić information content (AvgIpc) is 2.75. The van der Waals surface area contributed by atoms with Crippen molar-refractivity contribution in [1.82, 2.24) is 0 Å². The number of carbonyl (C=O) groups excluding carboxylic acids is 4. The zero-order chi connectivity index (χ0) is 25.7. The predicted octanol–water partition coefficient (Wildman–Crippen LogP) is 1.39. The molecule has 0 aliphatic heterocycles. The van der Waals surface area contributed by atoms with E-state index in [1.807, 2.05) is 0 Å². The van der Waals surface area contributed by atoms with E-state index in [2.05, 4.69) is 4.74 Å². The summed E-state index contributed by atoms with van der Waals surface area (Å²) >= 11 is 0. The molecule has 190 valence electrons. The van der Waals surface area contributed by atoms with Crippen molar-refractivity contribution in [3.05, 3.63) is 17.7 Å². The number of carbonyl (C=O) groups is 4. The normalized spacial score (nSPS) is 10.8. The van der Waals surface area contributed by atoms with Crippen LogP contribution in [-0.4, -0.2) is 75.3 Å². The smallest absolute Gasteiger partial charge is 0.375 e. The van der Waals surface area contributed by atoms with Crippen LogP contribution < -0.4 is 14.2 Å². The first-order chi connectivity index (χ1) is 16.0. The Morgan fingerprint density at radius 1 is 0.794 bits per heavy atom. The fourth-order valence-corrected chi connectivity index (χ4v) is 3.04. The van der Waals surface area contributed by atoms with Gasteiger partial charge in [0.25, 0.3) is 15.9 Å². The summed E-state index contributed by atoms with van der Waals surface area (Å²) in [5.41, 5.74) is 0.216. The van der Waals surface area contributed by atoms with Gasteiger partial charge in [0.15, 0.2) is 17.3 Å². The van der Waals surface area contributed by atoms with Gasteiger partial charge in [-0.1, -0.05) is 0 Å². The molecule has 0 atom stereocenters. The lowest BCUT2D eigenvalue weighted by Gasteiger charge is -2.16. The number of ketones is 2. The number of hydrogen-bond acceptors (Lipinski definition) is 11. The van der Waals surface area contributed by atoms with Gasteiger partial charge in [-0.25, -0.2) is 4.79 Å². The van der Waals surface area contributed by atoms with Crippen LogP contribution in [0.15, 0.2) is 12.1 Å². The van der Waals surface area contributed by atoms with Gasteiger partial charge in [-0.15, -0.1) is 0 Å². The molecule has 0 unspecified atom stereocenters. The van der Waals surface area contributed by atoms with Gasteiger partial charge in [0.2, 0.25) is 0 Å². The number of benzene rings is 1. The number of ether oxygens (including phenoxy) is 5. The van der Waals surface area contributed by atoms with Gasteiger partial charge in [-0.05, 0) is 26.8 Å². The monoisotopic (exact) mass is 504 g/mol. The van der Waals surface area contributed by atoms with Crippen LogP contribution in [-0.2, 0) is 34.0 Å². The van der Waals surface area contributed by atoms with Crippen molar-refractivity contribution in [2.45, 2.75) is 33.6 Å². The lowest BCUT2D eigenvalue weighted by atomic mass is 10.0. The van der Waals surface area contributed by atoms with Crippen molar-refractivity contribution < 1.29 is 55.8 Å². The van der Waals surface area contributed by atoms with Crippen LogP contribution in [0.2, 0.25) is 0 Å². The second-order valence-electron chi connectivity index (χ2n) is 6.52. The summed E-state index contributed by atoms with van der Waals surface area (Å²) in [5, 5.41) is 0. The maximum absolute atomic E-state index is 12.7. The SMILES string of the molecule is CCOc1cc(OCC)c(C(=O)CCC(=O)OCCOC(=O)C(=O)CS(=O)(=O)O)cc1OCC. The number of rotatable bonds is 16. The van der Waals surface area contributed by atoms with E-state index in [0.717, 1.165) is 0 Å². The molecule has 0 amide bonds. The molecule has 0 saturated carbocycles. The summed E-state index contributed by atoms with van der Waals surface area (Å²) < 4.78 is 55.5. The molecule has 0 aliphatic carbocycles. The fourth-order valence-electron chi connectivity index (χ4n) is 2.59. The molecule has 0 aliphatic rings. The van der Waals surface area contributed by atoms with E-state index in [-0.39, 0.29) is 24.2 Å². The van der Waals surface area contributed by atoms with Crippen LogP contribution in [0.3, 0.4) is 0 Å². The van der Waals surface area contributed by atoms with E-state index in [4.69, 9.17) is 23.5 Å². The first kappa shape index (κ1) is 28.8. The minimum absolute atomic E-state index is 0.203. The lowest BCUT2D eigenvalue weighted by Crippen LogP contribution is -2.26. The number of esters is 2. The van der Waals surface area contributed by atoms with Gasteiger partial charge in [-0.3, -0.25) is 18.9 Å². The molecule has 1 N–H and O–H groups in total. The molecule has 34 heavy (non-hydrogen) atoms. The van der Waals surface area contributed by atoms with E-state index in [1.165, 1.54) is 6.07 Å². The highest BCUT2D eigenvalue weighted by Crippen LogP contribution is 2.36. The predicted molar refractivity (Wildman–Crippen MR) is 117 cm³/mol. The van der Waals surface area contributed by atoms with Crippen LogP contribution in [0.25, 0.3) is 0 Å². The number of hydrogen-bond donors (Lipinski definition) is 1. The van der Waals surface area contributed by atoms with E-state index in [9.17, 15) is 27.6 Å². The first-order valence-electron chi connectivity index (χ1n) is 10.4. The van der Waals surface area contributed by atoms with E-state index < -0.39 is 52.6 Å². The van der Waals surface area contributed by atoms with Crippen molar-refractivity contribution in [3.8, 4) is 17.2 Å². The van der Waals surface area contributed by atoms with Crippen LogP contribution >= 0.6 is 0 Å². The third-order valence-corrected chi connectivity index (χ3v) is 4.55. The van der Waals surface area contributed by atoms with Gasteiger partial charge in [0.05, 0.1) is 31.8 Å². The van der Waals surface area contributed by atoms with Crippen LogP contribution in [0, 0.1) is 0 Å². The quantitative estimate of drug-likeness (QED) is 0.113. The Morgan fingerprint density at radius 2 is 1.32 bits per heavy atom. The molecular weight excluding hydrogens is 476 g/mol. The molecule has 13 heteroatoms.